The lowest BCUT2D eigenvalue weighted by molar-refractivity contribution is -0.139. The van der Waals surface area contributed by atoms with Crippen molar-refractivity contribution in [2.75, 3.05) is 50.8 Å². The molecule has 2 aromatic rings. The molecule has 1 saturated heterocycles. The van der Waals surface area contributed by atoms with Crippen LogP contribution in [-0.2, 0) is 6.18 Å². The summed E-state index contributed by atoms with van der Waals surface area (Å²) in [5.41, 5.74) is -0.889. The van der Waals surface area contributed by atoms with E-state index in [0.717, 1.165) is 32.2 Å². The van der Waals surface area contributed by atoms with Gasteiger partial charge in [0.05, 0.1) is 6.54 Å². The molecule has 0 aromatic carbocycles. The summed E-state index contributed by atoms with van der Waals surface area (Å²) in [6, 6.07) is 3.96. The van der Waals surface area contributed by atoms with Crippen LogP contribution in [0.5, 0.6) is 5.88 Å². The number of nitrogens with zero attached hydrogens (tertiary/aromatic N) is 6. The van der Waals surface area contributed by atoms with Crippen LogP contribution in [0.2, 0.25) is 0 Å². The van der Waals surface area contributed by atoms with Crippen molar-refractivity contribution in [2.24, 2.45) is 4.99 Å². The normalized spacial score (nSPS) is 15.3. The van der Waals surface area contributed by atoms with Gasteiger partial charge in [0.1, 0.15) is 12.2 Å². The van der Waals surface area contributed by atoms with Gasteiger partial charge in [-0.2, -0.15) is 13.2 Å². The van der Waals surface area contributed by atoms with Crippen molar-refractivity contribution in [2.45, 2.75) is 13.1 Å². The van der Waals surface area contributed by atoms with Gasteiger partial charge in [0.25, 0.3) is 0 Å². The van der Waals surface area contributed by atoms with E-state index in [-0.39, 0.29) is 13.2 Å². The summed E-state index contributed by atoms with van der Waals surface area (Å²) in [6.07, 6.45) is 0.190. The Hall–Kier alpha value is -3.11. The number of nitrogens with one attached hydrogen (secondary N) is 1. The third-order valence-electron chi connectivity index (χ3n) is 4.42. The van der Waals surface area contributed by atoms with E-state index in [9.17, 15) is 13.2 Å². The Labute approximate surface area is 172 Å². The van der Waals surface area contributed by atoms with Gasteiger partial charge in [-0.25, -0.2) is 19.9 Å². The lowest BCUT2D eigenvalue weighted by Crippen LogP contribution is -2.53. The molecule has 1 aliphatic heterocycles. The van der Waals surface area contributed by atoms with Gasteiger partial charge in [-0.1, -0.05) is 0 Å². The predicted octanol–water partition coefficient (Wildman–Crippen LogP) is 2.06. The van der Waals surface area contributed by atoms with Crippen LogP contribution in [0.3, 0.4) is 0 Å². The maximum Gasteiger partial charge on any atom is 0.421 e. The lowest BCUT2D eigenvalue weighted by atomic mass is 10.2. The maximum atomic E-state index is 13.0. The fourth-order valence-electron chi connectivity index (χ4n) is 3.01. The second-order valence-electron chi connectivity index (χ2n) is 6.46. The molecule has 0 bridgehead atoms. The zero-order valence-corrected chi connectivity index (χ0v) is 16.6. The first-order chi connectivity index (χ1) is 14.5. The second-order valence-corrected chi connectivity index (χ2v) is 6.46. The van der Waals surface area contributed by atoms with Crippen molar-refractivity contribution < 1.29 is 17.9 Å². The summed E-state index contributed by atoms with van der Waals surface area (Å²) in [7, 11) is 0. The fourth-order valence-corrected chi connectivity index (χ4v) is 3.01. The number of pyridine rings is 1. The highest BCUT2D eigenvalue weighted by molar-refractivity contribution is 5.80. The van der Waals surface area contributed by atoms with Gasteiger partial charge in [-0.3, -0.25) is 0 Å². The highest BCUT2D eigenvalue weighted by Crippen LogP contribution is 2.34. The predicted molar refractivity (Wildman–Crippen MR) is 107 cm³/mol. The molecular formula is C19H24F3N7O. The third kappa shape index (κ3) is 5.71. The quantitative estimate of drug-likeness (QED) is 0.433. The number of aromatic nitrogens is 3. The lowest BCUT2D eigenvalue weighted by Gasteiger charge is -2.36. The number of rotatable bonds is 6. The fraction of sp³-hybridized carbons (Fsp3) is 0.474. The topological polar surface area (TPSA) is 78.8 Å². The number of halogens is 3. The van der Waals surface area contributed by atoms with E-state index >= 15 is 0 Å². The highest BCUT2D eigenvalue weighted by Gasteiger charge is 2.35. The molecule has 0 aliphatic carbocycles. The molecule has 30 heavy (non-hydrogen) atoms. The maximum absolute atomic E-state index is 13.0. The van der Waals surface area contributed by atoms with Crippen molar-refractivity contribution in [3.8, 4) is 5.88 Å². The molecule has 1 aliphatic rings. The van der Waals surface area contributed by atoms with Crippen LogP contribution in [0.4, 0.5) is 19.1 Å². The smallest absolute Gasteiger partial charge is 0.421 e. The van der Waals surface area contributed by atoms with E-state index in [0.29, 0.717) is 18.5 Å². The molecule has 0 radical (unpaired) electrons. The summed E-state index contributed by atoms with van der Waals surface area (Å²) < 4.78 is 44.3. The van der Waals surface area contributed by atoms with Crippen molar-refractivity contribution >= 4 is 11.9 Å². The minimum absolute atomic E-state index is 0.00713. The van der Waals surface area contributed by atoms with Crippen molar-refractivity contribution in [1.82, 2.24) is 25.2 Å². The number of anilines is 1. The Kier molecular flexibility index (Phi) is 7.26. The highest BCUT2D eigenvalue weighted by atomic mass is 19.4. The Morgan fingerprint density at radius 3 is 2.47 bits per heavy atom. The average Bonchev–Trinajstić information content (AvgIpc) is 2.76. The van der Waals surface area contributed by atoms with E-state index in [1.165, 1.54) is 12.3 Å². The van der Waals surface area contributed by atoms with Gasteiger partial charge >= 0.3 is 6.18 Å². The molecule has 0 amide bonds. The average molecular weight is 423 g/mol. The Bertz CT molecular complexity index is 824. The summed E-state index contributed by atoms with van der Waals surface area (Å²) in [4.78, 5) is 20.9. The van der Waals surface area contributed by atoms with Gasteiger partial charge in [-0.05, 0) is 25.1 Å². The number of ether oxygens (including phenoxy) is 1. The molecule has 0 atom stereocenters. The minimum atomic E-state index is -4.51. The molecule has 0 saturated carbocycles. The summed E-state index contributed by atoms with van der Waals surface area (Å²) >= 11 is 0. The van der Waals surface area contributed by atoms with Gasteiger partial charge < -0.3 is 19.9 Å². The Morgan fingerprint density at radius 1 is 1.10 bits per heavy atom. The van der Waals surface area contributed by atoms with Crippen molar-refractivity contribution in [3.63, 3.8) is 0 Å². The summed E-state index contributed by atoms with van der Waals surface area (Å²) in [5, 5.41) is 3.22. The van der Waals surface area contributed by atoms with Crippen LogP contribution in [0.1, 0.15) is 12.5 Å². The third-order valence-corrected chi connectivity index (χ3v) is 4.42. The first-order valence-electron chi connectivity index (χ1n) is 9.69. The van der Waals surface area contributed by atoms with Crippen molar-refractivity contribution in [1.29, 1.82) is 0 Å². The summed E-state index contributed by atoms with van der Waals surface area (Å²) in [5.74, 6) is 0.969. The Balaban J connectivity index is 1.54. The van der Waals surface area contributed by atoms with Gasteiger partial charge in [0.2, 0.25) is 11.8 Å². The molecule has 3 rings (SSSR count). The van der Waals surface area contributed by atoms with Gasteiger partial charge in [0.15, 0.2) is 5.96 Å². The monoisotopic (exact) mass is 423 g/mol. The number of piperazine rings is 1. The molecule has 1 N–H and O–H groups in total. The number of alkyl halides is 3. The van der Waals surface area contributed by atoms with E-state index in [2.05, 4.69) is 35.1 Å². The van der Waals surface area contributed by atoms with Crippen LogP contribution >= 0.6 is 0 Å². The van der Waals surface area contributed by atoms with Gasteiger partial charge in [-0.15, -0.1) is 0 Å². The molecule has 162 valence electrons. The molecule has 11 heteroatoms. The molecule has 0 spiro atoms. The van der Waals surface area contributed by atoms with Crippen LogP contribution in [0.25, 0.3) is 0 Å². The zero-order valence-electron chi connectivity index (χ0n) is 16.6. The van der Waals surface area contributed by atoms with E-state index in [1.807, 2.05) is 6.92 Å². The number of hydrogen-bond acceptors (Lipinski definition) is 6. The second kappa shape index (κ2) is 10.1. The molecule has 8 nitrogen and oxygen atoms in total. The van der Waals surface area contributed by atoms with Gasteiger partial charge in [0, 0.05) is 51.3 Å². The SMILES string of the molecule is CCNC(=NCCOc1ncccc1C(F)(F)F)N1CCN(c2ncccn2)CC1. The minimum Gasteiger partial charge on any atom is -0.475 e. The molecule has 1 fully saturated rings. The van der Waals surface area contributed by atoms with Crippen molar-refractivity contribution in [3.05, 3.63) is 42.4 Å². The number of aliphatic imine (C=N–C) groups is 1. The molecule has 3 heterocycles. The standard InChI is InChI=1S/C19H24F3N7O/c1-2-23-17(28-10-12-29(13-11-28)18-25-7-4-8-26-18)27-9-14-30-16-15(19(20,21)22)5-3-6-24-16/h3-8H,2,9-14H2,1H3,(H,23,27). The van der Waals surface area contributed by atoms with E-state index in [1.54, 1.807) is 18.5 Å². The first kappa shape index (κ1) is 21.6. The van der Waals surface area contributed by atoms with E-state index in [4.69, 9.17) is 4.74 Å². The summed E-state index contributed by atoms with van der Waals surface area (Å²) in [6.45, 7) is 5.78. The molecule has 0 unspecified atom stereocenters. The Morgan fingerprint density at radius 2 is 1.80 bits per heavy atom. The number of guanidine groups is 1. The number of hydrogen-bond donors (Lipinski definition) is 1. The van der Waals surface area contributed by atoms with Crippen LogP contribution in [0.15, 0.2) is 41.8 Å². The largest absolute Gasteiger partial charge is 0.475 e. The first-order valence-corrected chi connectivity index (χ1v) is 9.69. The van der Waals surface area contributed by atoms with Crippen LogP contribution in [-0.4, -0.2) is 71.7 Å². The van der Waals surface area contributed by atoms with Crippen LogP contribution in [0, 0.1) is 0 Å². The van der Waals surface area contributed by atoms with E-state index < -0.39 is 17.6 Å². The van der Waals surface area contributed by atoms with Crippen LogP contribution < -0.4 is 15.0 Å². The molecular weight excluding hydrogens is 399 g/mol. The zero-order chi connectivity index (χ0) is 21.4. The molecule has 2 aromatic heterocycles.